The highest BCUT2D eigenvalue weighted by atomic mass is 32.2. The first-order valence-electron chi connectivity index (χ1n) is 11.7. The summed E-state index contributed by atoms with van der Waals surface area (Å²) >= 11 is 1.02. The monoisotopic (exact) mass is 587 g/mol. The molecule has 0 aliphatic carbocycles. The maximum atomic E-state index is 13.3. The van der Waals surface area contributed by atoms with Crippen molar-refractivity contribution in [3.05, 3.63) is 82.7 Å². The molecular formula is C26H25N3O7S3. The largest absolute Gasteiger partial charge is 0.465 e. The van der Waals surface area contributed by atoms with Gasteiger partial charge in [-0.25, -0.2) is 16.8 Å². The minimum atomic E-state index is -3.99. The van der Waals surface area contributed by atoms with E-state index in [-0.39, 0.29) is 39.0 Å². The van der Waals surface area contributed by atoms with E-state index < -0.39 is 31.7 Å². The van der Waals surface area contributed by atoms with Crippen LogP contribution in [0.1, 0.15) is 22.8 Å². The number of anilines is 1. The first-order chi connectivity index (χ1) is 18.4. The van der Waals surface area contributed by atoms with Crippen molar-refractivity contribution in [2.75, 3.05) is 17.6 Å². The van der Waals surface area contributed by atoms with Crippen molar-refractivity contribution >= 4 is 59.0 Å². The lowest BCUT2D eigenvalue weighted by molar-refractivity contribution is -0.143. The zero-order chi connectivity index (χ0) is 28.4. The lowest BCUT2D eigenvalue weighted by atomic mass is 10.2. The molecule has 0 bridgehead atoms. The van der Waals surface area contributed by atoms with Crippen molar-refractivity contribution in [1.29, 1.82) is 0 Å². The third-order valence-corrected chi connectivity index (χ3v) is 9.14. The summed E-state index contributed by atoms with van der Waals surface area (Å²) in [5.41, 5.74) is 1.40. The molecule has 1 aromatic heterocycles. The van der Waals surface area contributed by atoms with E-state index in [1.165, 1.54) is 47.0 Å². The van der Waals surface area contributed by atoms with E-state index in [2.05, 4.69) is 9.71 Å². The Kier molecular flexibility index (Phi) is 8.04. The second-order valence-electron chi connectivity index (χ2n) is 8.56. The van der Waals surface area contributed by atoms with E-state index in [9.17, 15) is 26.4 Å². The van der Waals surface area contributed by atoms with E-state index in [0.717, 1.165) is 23.2 Å². The molecule has 4 rings (SSSR count). The van der Waals surface area contributed by atoms with E-state index in [4.69, 9.17) is 4.74 Å². The van der Waals surface area contributed by atoms with Gasteiger partial charge in [0, 0.05) is 6.26 Å². The molecule has 0 aliphatic heterocycles. The molecule has 0 spiro atoms. The summed E-state index contributed by atoms with van der Waals surface area (Å²) in [6.07, 6.45) is 1.08. The fourth-order valence-electron chi connectivity index (χ4n) is 3.68. The third-order valence-electron chi connectivity index (χ3n) is 5.61. The number of sulfonamides is 1. The summed E-state index contributed by atoms with van der Waals surface area (Å²) in [7, 11) is -7.49. The van der Waals surface area contributed by atoms with Crippen molar-refractivity contribution in [3.63, 3.8) is 0 Å². The van der Waals surface area contributed by atoms with Gasteiger partial charge < -0.3 is 9.30 Å². The van der Waals surface area contributed by atoms with Crippen LogP contribution in [0.3, 0.4) is 0 Å². The van der Waals surface area contributed by atoms with Gasteiger partial charge in [0.15, 0.2) is 14.6 Å². The van der Waals surface area contributed by atoms with Gasteiger partial charge in [-0.05, 0) is 56.3 Å². The van der Waals surface area contributed by atoms with Crippen LogP contribution in [-0.2, 0) is 35.9 Å². The molecule has 4 aromatic rings. The number of ether oxygens (including phenoxy) is 1. The smallest absolute Gasteiger partial charge is 0.326 e. The van der Waals surface area contributed by atoms with E-state index >= 15 is 0 Å². The topological polar surface area (TPSA) is 141 Å². The zero-order valence-corrected chi connectivity index (χ0v) is 23.7. The number of hydrogen-bond acceptors (Lipinski definition) is 8. The van der Waals surface area contributed by atoms with Gasteiger partial charge in [-0.15, -0.1) is 0 Å². The van der Waals surface area contributed by atoms with Crippen molar-refractivity contribution in [1.82, 2.24) is 4.57 Å². The number of aromatic nitrogens is 1. The van der Waals surface area contributed by atoms with Gasteiger partial charge in [0.25, 0.3) is 15.9 Å². The number of sulfone groups is 1. The van der Waals surface area contributed by atoms with E-state index in [0.29, 0.717) is 10.2 Å². The minimum Gasteiger partial charge on any atom is -0.465 e. The predicted molar refractivity (Wildman–Crippen MR) is 148 cm³/mol. The number of aryl methyl sites for hydroxylation is 1. The summed E-state index contributed by atoms with van der Waals surface area (Å²) < 4.78 is 59.5. The number of carbonyl (C=O) groups excluding carboxylic acids is 2. The molecule has 0 unspecified atom stereocenters. The Morgan fingerprint density at radius 1 is 0.974 bits per heavy atom. The highest BCUT2D eigenvalue weighted by Crippen LogP contribution is 2.24. The highest BCUT2D eigenvalue weighted by Gasteiger charge is 2.20. The van der Waals surface area contributed by atoms with Crippen LogP contribution in [0.5, 0.6) is 0 Å². The molecule has 10 nitrogen and oxygen atoms in total. The van der Waals surface area contributed by atoms with Crippen molar-refractivity contribution in [2.24, 2.45) is 4.99 Å². The van der Waals surface area contributed by atoms with Crippen molar-refractivity contribution in [3.8, 4) is 0 Å². The molecule has 3 aromatic carbocycles. The molecule has 0 radical (unpaired) electrons. The standard InChI is InChI=1S/C26H25N3O7S3/c1-4-36-24(30)16-29-22-14-13-19(38(3,32)33)15-23(22)37-26(29)27-25(31)20-7-5-6-8-21(20)28-39(34,35)18-11-9-17(2)10-12-18/h5-15,28H,4,16H2,1-3H3. The second-order valence-corrected chi connectivity index (χ2v) is 13.3. The third kappa shape index (κ3) is 6.44. The number of hydrogen-bond donors (Lipinski definition) is 1. The van der Waals surface area contributed by atoms with Crippen LogP contribution < -0.4 is 9.52 Å². The summed E-state index contributed by atoms with van der Waals surface area (Å²) in [4.78, 5) is 30.1. The van der Waals surface area contributed by atoms with Crippen LogP contribution in [0.2, 0.25) is 0 Å². The number of esters is 1. The van der Waals surface area contributed by atoms with Gasteiger partial charge in [-0.3, -0.25) is 14.3 Å². The molecule has 0 saturated heterocycles. The molecule has 1 amide bonds. The number of rotatable bonds is 8. The molecule has 204 valence electrons. The average molecular weight is 588 g/mol. The summed E-state index contributed by atoms with van der Waals surface area (Å²) in [6.45, 7) is 3.39. The fourth-order valence-corrected chi connectivity index (χ4v) is 6.55. The summed E-state index contributed by atoms with van der Waals surface area (Å²) in [5, 5.41) is 0. The Morgan fingerprint density at radius 2 is 1.64 bits per heavy atom. The SMILES string of the molecule is CCOC(=O)Cn1c(=NC(=O)c2ccccc2NS(=O)(=O)c2ccc(C)cc2)sc2cc(S(C)(=O)=O)ccc21. The number of carbonyl (C=O) groups is 2. The summed E-state index contributed by atoms with van der Waals surface area (Å²) in [5.74, 6) is -1.32. The zero-order valence-electron chi connectivity index (χ0n) is 21.2. The molecule has 0 aliphatic rings. The Hall–Kier alpha value is -3.81. The maximum absolute atomic E-state index is 13.3. The first-order valence-corrected chi connectivity index (χ1v) is 15.8. The molecule has 0 saturated carbocycles. The Bertz CT molecular complexity index is 1850. The number of para-hydroxylation sites is 1. The number of amides is 1. The first kappa shape index (κ1) is 28.2. The van der Waals surface area contributed by atoms with Crippen LogP contribution in [0.15, 0.2) is 81.5 Å². The predicted octanol–water partition coefficient (Wildman–Crippen LogP) is 3.52. The lowest BCUT2D eigenvalue weighted by Crippen LogP contribution is -2.23. The normalized spacial score (nSPS) is 12.4. The van der Waals surface area contributed by atoms with Gasteiger partial charge >= 0.3 is 5.97 Å². The second kappa shape index (κ2) is 11.1. The van der Waals surface area contributed by atoms with Gasteiger partial charge in [-0.2, -0.15) is 4.99 Å². The van der Waals surface area contributed by atoms with Crippen LogP contribution in [0, 0.1) is 6.92 Å². The maximum Gasteiger partial charge on any atom is 0.326 e. The van der Waals surface area contributed by atoms with Gasteiger partial charge in [0.2, 0.25) is 0 Å². The highest BCUT2D eigenvalue weighted by molar-refractivity contribution is 7.92. The number of fused-ring (bicyclic) bond motifs is 1. The average Bonchev–Trinajstić information content (AvgIpc) is 3.19. The Labute approximate surface area is 229 Å². The number of nitrogens with one attached hydrogen (secondary N) is 1. The molecule has 0 fully saturated rings. The van der Waals surface area contributed by atoms with Crippen LogP contribution in [0.25, 0.3) is 10.2 Å². The Morgan fingerprint density at radius 3 is 2.31 bits per heavy atom. The molecular weight excluding hydrogens is 563 g/mol. The molecule has 1 N–H and O–H groups in total. The number of benzene rings is 3. The van der Waals surface area contributed by atoms with Crippen molar-refractivity contribution in [2.45, 2.75) is 30.2 Å². The van der Waals surface area contributed by atoms with Crippen LogP contribution in [-0.4, -0.2) is 46.1 Å². The fraction of sp³-hybridized carbons (Fsp3) is 0.192. The lowest BCUT2D eigenvalue weighted by Gasteiger charge is -2.11. The molecule has 1 heterocycles. The van der Waals surface area contributed by atoms with Gasteiger partial charge in [0.1, 0.15) is 6.54 Å². The van der Waals surface area contributed by atoms with E-state index in [1.54, 1.807) is 31.2 Å². The quantitative estimate of drug-likeness (QED) is 0.311. The van der Waals surface area contributed by atoms with Crippen molar-refractivity contribution < 1.29 is 31.2 Å². The molecule has 13 heteroatoms. The number of thiazole rings is 1. The van der Waals surface area contributed by atoms with Gasteiger partial charge in [0.05, 0.1) is 37.9 Å². The van der Waals surface area contributed by atoms with Crippen LogP contribution >= 0.6 is 11.3 Å². The minimum absolute atomic E-state index is 0.00912. The van der Waals surface area contributed by atoms with Crippen LogP contribution in [0.4, 0.5) is 5.69 Å². The number of nitrogens with zero attached hydrogens (tertiary/aromatic N) is 2. The summed E-state index contributed by atoms with van der Waals surface area (Å²) in [6, 6.07) is 16.7. The molecule has 39 heavy (non-hydrogen) atoms. The van der Waals surface area contributed by atoms with E-state index in [1.807, 2.05) is 6.92 Å². The van der Waals surface area contributed by atoms with Gasteiger partial charge in [-0.1, -0.05) is 41.2 Å². The Balaban J connectivity index is 1.79. The molecule has 0 atom stereocenters.